The summed E-state index contributed by atoms with van der Waals surface area (Å²) in [5, 5.41) is 2.66. The summed E-state index contributed by atoms with van der Waals surface area (Å²) in [4.78, 5) is 26.5. The quantitative estimate of drug-likeness (QED) is 0.779. The minimum atomic E-state index is -3.02. The molecule has 1 saturated heterocycles. The van der Waals surface area contributed by atoms with Gasteiger partial charge in [0.25, 0.3) is 5.91 Å². The number of urea groups is 1. The van der Waals surface area contributed by atoms with Crippen LogP contribution in [0.3, 0.4) is 0 Å². The number of nitrogens with zero attached hydrogens (tertiary/aromatic N) is 1. The van der Waals surface area contributed by atoms with Crippen LogP contribution in [0.4, 0.5) is 18.0 Å². The summed E-state index contributed by atoms with van der Waals surface area (Å²) in [7, 11) is 0. The zero-order chi connectivity index (χ0) is 19.6. The van der Waals surface area contributed by atoms with E-state index in [2.05, 4.69) is 10.1 Å². The Bertz CT molecular complexity index is 858. The highest BCUT2D eigenvalue weighted by atomic mass is 19.3. The maximum absolute atomic E-state index is 13.2. The third-order valence-corrected chi connectivity index (χ3v) is 4.56. The van der Waals surface area contributed by atoms with Crippen LogP contribution in [-0.2, 0) is 16.9 Å². The van der Waals surface area contributed by atoms with E-state index in [1.807, 2.05) is 0 Å². The number of nitrogens with one attached hydrogen (secondary N) is 1. The summed E-state index contributed by atoms with van der Waals surface area (Å²) in [6, 6.07) is 10.6. The summed E-state index contributed by atoms with van der Waals surface area (Å²) >= 11 is 0. The Balaban J connectivity index is 1.92. The number of hydrogen-bond donors (Lipinski definition) is 1. The number of rotatable bonds is 6. The van der Waals surface area contributed by atoms with E-state index in [9.17, 15) is 22.8 Å². The van der Waals surface area contributed by atoms with Gasteiger partial charge >= 0.3 is 12.6 Å². The molecule has 3 rings (SSSR count). The first-order valence-electron chi connectivity index (χ1n) is 8.30. The highest BCUT2D eigenvalue weighted by Gasteiger charge is 2.51. The third-order valence-electron chi connectivity index (χ3n) is 4.56. The van der Waals surface area contributed by atoms with Gasteiger partial charge in [-0.2, -0.15) is 8.78 Å². The van der Waals surface area contributed by atoms with Crippen molar-refractivity contribution in [2.75, 3.05) is 0 Å². The summed E-state index contributed by atoms with van der Waals surface area (Å²) in [5.74, 6) is -1.10. The lowest BCUT2D eigenvalue weighted by molar-refractivity contribution is -0.132. The molecule has 1 heterocycles. The van der Waals surface area contributed by atoms with E-state index in [0.29, 0.717) is 5.56 Å². The van der Waals surface area contributed by atoms with Crippen molar-refractivity contribution in [1.29, 1.82) is 0 Å². The number of ether oxygens (including phenoxy) is 1. The van der Waals surface area contributed by atoms with E-state index < -0.39 is 29.9 Å². The highest BCUT2D eigenvalue weighted by Crippen LogP contribution is 2.34. The minimum Gasteiger partial charge on any atom is -0.434 e. The van der Waals surface area contributed by atoms with Crippen LogP contribution in [-0.4, -0.2) is 23.4 Å². The van der Waals surface area contributed by atoms with Gasteiger partial charge in [-0.3, -0.25) is 9.69 Å². The standard InChI is InChI=1S/C19H17F3N2O3/c1-2-19(13-7-9-14(20)10-8-13)16(25)24(18(26)23-19)11-12-5-3-4-6-15(12)27-17(21)22/h3-10,17H,2,11H2,1H3,(H,23,26)/t19-/m1/s1. The number of alkyl halides is 2. The van der Waals surface area contributed by atoms with Gasteiger partial charge in [0.2, 0.25) is 0 Å². The second-order valence-electron chi connectivity index (χ2n) is 6.07. The van der Waals surface area contributed by atoms with E-state index in [1.54, 1.807) is 13.0 Å². The maximum atomic E-state index is 13.2. The number of imide groups is 1. The lowest BCUT2D eigenvalue weighted by atomic mass is 9.87. The summed E-state index contributed by atoms with van der Waals surface area (Å²) in [5.41, 5.74) is -0.611. The molecular weight excluding hydrogens is 361 g/mol. The Morgan fingerprint density at radius 3 is 2.41 bits per heavy atom. The fourth-order valence-corrected chi connectivity index (χ4v) is 3.16. The van der Waals surface area contributed by atoms with Crippen LogP contribution in [0.5, 0.6) is 5.75 Å². The Morgan fingerprint density at radius 1 is 1.11 bits per heavy atom. The van der Waals surface area contributed by atoms with Crippen molar-refractivity contribution in [2.24, 2.45) is 0 Å². The van der Waals surface area contributed by atoms with Crippen LogP contribution < -0.4 is 10.1 Å². The lowest BCUT2D eigenvalue weighted by Crippen LogP contribution is -2.43. The van der Waals surface area contributed by atoms with Crippen LogP contribution in [0.25, 0.3) is 0 Å². The predicted molar refractivity (Wildman–Crippen MR) is 90.5 cm³/mol. The summed E-state index contributed by atoms with van der Waals surface area (Å²) in [6.45, 7) is -1.53. The van der Waals surface area contributed by atoms with E-state index in [4.69, 9.17) is 0 Å². The fourth-order valence-electron chi connectivity index (χ4n) is 3.16. The molecule has 1 N–H and O–H groups in total. The molecule has 27 heavy (non-hydrogen) atoms. The summed E-state index contributed by atoms with van der Waals surface area (Å²) < 4.78 is 42.9. The van der Waals surface area contributed by atoms with Crippen molar-refractivity contribution in [3.8, 4) is 5.75 Å². The van der Waals surface area contributed by atoms with Gasteiger partial charge in [0, 0.05) is 5.56 Å². The number of hydrogen-bond acceptors (Lipinski definition) is 3. The number of halogens is 3. The zero-order valence-corrected chi connectivity index (χ0v) is 14.4. The second-order valence-corrected chi connectivity index (χ2v) is 6.07. The topological polar surface area (TPSA) is 58.6 Å². The van der Waals surface area contributed by atoms with E-state index in [0.717, 1.165) is 4.90 Å². The molecule has 0 aromatic heterocycles. The summed E-state index contributed by atoms with van der Waals surface area (Å²) in [6.07, 6.45) is 0.245. The van der Waals surface area contributed by atoms with E-state index >= 15 is 0 Å². The molecule has 0 unspecified atom stereocenters. The van der Waals surface area contributed by atoms with E-state index in [-0.39, 0.29) is 24.3 Å². The van der Waals surface area contributed by atoms with Crippen LogP contribution in [0, 0.1) is 5.82 Å². The molecule has 2 aromatic rings. The largest absolute Gasteiger partial charge is 0.434 e. The smallest absolute Gasteiger partial charge is 0.387 e. The molecule has 5 nitrogen and oxygen atoms in total. The van der Waals surface area contributed by atoms with E-state index in [1.165, 1.54) is 42.5 Å². The number of para-hydroxylation sites is 1. The highest BCUT2D eigenvalue weighted by molar-refractivity contribution is 6.07. The van der Waals surface area contributed by atoms with Gasteiger partial charge < -0.3 is 10.1 Å². The first-order chi connectivity index (χ1) is 12.9. The van der Waals surface area contributed by atoms with Gasteiger partial charge in [0.1, 0.15) is 17.1 Å². The van der Waals surface area contributed by atoms with Crippen molar-refractivity contribution in [3.05, 3.63) is 65.5 Å². The Morgan fingerprint density at radius 2 is 1.78 bits per heavy atom. The maximum Gasteiger partial charge on any atom is 0.387 e. The van der Waals surface area contributed by atoms with Crippen molar-refractivity contribution >= 4 is 11.9 Å². The number of amides is 3. The van der Waals surface area contributed by atoms with Gasteiger partial charge in [-0.05, 0) is 30.2 Å². The number of carbonyl (C=O) groups excluding carboxylic acids is 2. The first kappa shape index (κ1) is 18.8. The molecule has 2 aromatic carbocycles. The molecule has 0 radical (unpaired) electrons. The van der Waals surface area contributed by atoms with Crippen molar-refractivity contribution in [1.82, 2.24) is 10.2 Å². The Kier molecular flexibility index (Phi) is 5.07. The van der Waals surface area contributed by atoms with Crippen molar-refractivity contribution in [2.45, 2.75) is 32.0 Å². The first-order valence-corrected chi connectivity index (χ1v) is 8.30. The average molecular weight is 378 g/mol. The Hall–Kier alpha value is -3.03. The van der Waals surface area contributed by atoms with Crippen molar-refractivity contribution < 1.29 is 27.5 Å². The van der Waals surface area contributed by atoms with Gasteiger partial charge in [-0.25, -0.2) is 9.18 Å². The molecule has 3 amide bonds. The molecule has 0 saturated carbocycles. The van der Waals surface area contributed by atoms with Crippen LogP contribution >= 0.6 is 0 Å². The van der Waals surface area contributed by atoms with Gasteiger partial charge in [0.15, 0.2) is 0 Å². The van der Waals surface area contributed by atoms with Gasteiger partial charge in [-0.15, -0.1) is 0 Å². The molecule has 142 valence electrons. The van der Waals surface area contributed by atoms with Crippen molar-refractivity contribution in [3.63, 3.8) is 0 Å². The molecular formula is C19H17F3N2O3. The van der Waals surface area contributed by atoms with Gasteiger partial charge in [0.05, 0.1) is 6.54 Å². The molecule has 1 fully saturated rings. The molecule has 0 bridgehead atoms. The molecule has 8 heteroatoms. The average Bonchev–Trinajstić information content (AvgIpc) is 2.88. The van der Waals surface area contributed by atoms with Crippen LogP contribution in [0.2, 0.25) is 0 Å². The second kappa shape index (κ2) is 7.30. The third kappa shape index (κ3) is 3.47. The molecule has 0 aliphatic carbocycles. The molecule has 1 aliphatic rings. The predicted octanol–water partition coefficient (Wildman–Crippen LogP) is 3.78. The monoisotopic (exact) mass is 378 g/mol. The zero-order valence-electron chi connectivity index (χ0n) is 14.4. The minimum absolute atomic E-state index is 0.108. The Labute approximate surface area is 153 Å². The SMILES string of the molecule is CC[C@]1(c2ccc(F)cc2)NC(=O)N(Cc2ccccc2OC(F)F)C1=O. The van der Waals surface area contributed by atoms with Gasteiger partial charge in [-0.1, -0.05) is 37.3 Å². The van der Waals surface area contributed by atoms with Crippen LogP contribution in [0.15, 0.2) is 48.5 Å². The van der Waals surface area contributed by atoms with Crippen LogP contribution in [0.1, 0.15) is 24.5 Å². The normalized spacial score (nSPS) is 19.5. The molecule has 1 atom stereocenters. The molecule has 0 spiro atoms. The molecule has 1 aliphatic heterocycles. The number of carbonyl (C=O) groups is 2. The fraction of sp³-hybridized carbons (Fsp3) is 0.263. The number of benzene rings is 2. The lowest BCUT2D eigenvalue weighted by Gasteiger charge is -2.26.